The van der Waals surface area contributed by atoms with Crippen LogP contribution in [0, 0.1) is 0 Å². The van der Waals surface area contributed by atoms with Crippen molar-refractivity contribution in [3.63, 3.8) is 0 Å². The van der Waals surface area contributed by atoms with Gasteiger partial charge in [0, 0.05) is 33.7 Å². The van der Waals surface area contributed by atoms with Gasteiger partial charge in [-0.2, -0.15) is 0 Å². The van der Waals surface area contributed by atoms with Gasteiger partial charge < -0.3 is 5.32 Å². The van der Waals surface area contributed by atoms with Crippen LogP contribution in [-0.2, 0) is 11.2 Å². The maximum Gasteiger partial charge on any atom is 0.236 e. The van der Waals surface area contributed by atoms with Crippen LogP contribution < -0.4 is 10.2 Å². The van der Waals surface area contributed by atoms with Crippen LogP contribution in [0.3, 0.4) is 0 Å². The number of hydrogen-bond acceptors (Lipinski definition) is 4. The Bertz CT molecular complexity index is 1230. The zero-order chi connectivity index (χ0) is 20.5. The van der Waals surface area contributed by atoms with Crippen LogP contribution >= 0.6 is 11.6 Å². The van der Waals surface area contributed by atoms with Gasteiger partial charge in [-0.1, -0.05) is 48.0 Å². The molecule has 0 saturated heterocycles. The van der Waals surface area contributed by atoms with Crippen LogP contribution in [0.15, 0.2) is 85.1 Å². The molecular formula is C24H17ClN4O. The molecule has 0 aliphatic carbocycles. The predicted molar refractivity (Wildman–Crippen MR) is 119 cm³/mol. The van der Waals surface area contributed by atoms with Crippen molar-refractivity contribution in [3.8, 4) is 11.3 Å². The first-order valence-corrected chi connectivity index (χ1v) is 9.93. The number of carbonyl (C=O) groups is 1. The minimum absolute atomic E-state index is 0.0594. The average molecular weight is 413 g/mol. The van der Waals surface area contributed by atoms with Gasteiger partial charge >= 0.3 is 0 Å². The summed E-state index contributed by atoms with van der Waals surface area (Å²) in [6.45, 7) is 0. The highest BCUT2D eigenvalue weighted by atomic mass is 35.5. The Morgan fingerprint density at radius 2 is 1.67 bits per heavy atom. The number of nitrogens with zero attached hydrogens (tertiary/aromatic N) is 3. The average Bonchev–Trinajstić information content (AvgIpc) is 2.88. The Labute approximate surface area is 179 Å². The lowest BCUT2D eigenvalue weighted by Crippen LogP contribution is -2.26. The molecule has 3 aromatic carbocycles. The standard InChI is InChI=1S/C24H17ClN4O/c25-17-11-12-20-21(14-17)29(19-9-5-2-6-10-19)22(30)13-16-15-26-24(28-23(16)20)27-18-7-3-1-4-8-18/h1-12,14-15H,13H2,(H,26,27,28). The molecule has 1 aliphatic heterocycles. The Morgan fingerprint density at radius 1 is 0.933 bits per heavy atom. The van der Waals surface area contributed by atoms with E-state index in [1.54, 1.807) is 11.1 Å². The quantitative estimate of drug-likeness (QED) is 0.464. The highest BCUT2D eigenvalue weighted by Crippen LogP contribution is 2.41. The van der Waals surface area contributed by atoms with E-state index in [2.05, 4.69) is 10.3 Å². The number of amides is 1. The number of rotatable bonds is 3. The van der Waals surface area contributed by atoms with Gasteiger partial charge in [0.25, 0.3) is 0 Å². The summed E-state index contributed by atoms with van der Waals surface area (Å²) in [5, 5.41) is 3.78. The summed E-state index contributed by atoms with van der Waals surface area (Å²) in [6.07, 6.45) is 1.92. The summed E-state index contributed by atoms with van der Waals surface area (Å²) in [6, 6.07) is 24.8. The normalized spacial score (nSPS) is 12.7. The Balaban J connectivity index is 1.65. The van der Waals surface area contributed by atoms with Crippen LogP contribution in [0.2, 0.25) is 5.02 Å². The molecule has 0 spiro atoms. The SMILES string of the molecule is O=C1Cc2cnc(Nc3ccccc3)nc2-c2ccc(Cl)cc2N1c1ccccc1. The first-order valence-electron chi connectivity index (χ1n) is 9.55. The summed E-state index contributed by atoms with van der Waals surface area (Å²) in [5.74, 6) is 0.414. The van der Waals surface area contributed by atoms with Gasteiger partial charge in [-0.15, -0.1) is 0 Å². The fourth-order valence-corrected chi connectivity index (χ4v) is 3.77. The van der Waals surface area contributed by atoms with E-state index in [9.17, 15) is 4.79 Å². The minimum atomic E-state index is -0.0594. The summed E-state index contributed by atoms with van der Waals surface area (Å²) >= 11 is 6.31. The van der Waals surface area contributed by atoms with Gasteiger partial charge in [-0.3, -0.25) is 9.69 Å². The molecule has 5 rings (SSSR count). The number of benzene rings is 3. The first kappa shape index (κ1) is 18.3. The largest absolute Gasteiger partial charge is 0.324 e. The van der Waals surface area contributed by atoms with Gasteiger partial charge in [0.1, 0.15) is 0 Å². The van der Waals surface area contributed by atoms with Crippen molar-refractivity contribution in [1.29, 1.82) is 0 Å². The number of hydrogen-bond donors (Lipinski definition) is 1. The van der Waals surface area contributed by atoms with Gasteiger partial charge in [-0.05, 0) is 42.5 Å². The molecule has 0 fully saturated rings. The van der Waals surface area contributed by atoms with E-state index in [0.29, 0.717) is 16.7 Å². The molecule has 2 heterocycles. The molecule has 0 bridgehead atoms. The van der Waals surface area contributed by atoms with Gasteiger partial charge in [0.15, 0.2) is 0 Å². The van der Waals surface area contributed by atoms with Crippen LogP contribution in [-0.4, -0.2) is 15.9 Å². The van der Waals surface area contributed by atoms with Crippen molar-refractivity contribution < 1.29 is 4.79 Å². The third-order valence-electron chi connectivity index (χ3n) is 4.96. The van der Waals surface area contributed by atoms with Gasteiger partial charge in [0.2, 0.25) is 11.9 Å². The molecule has 1 amide bonds. The molecule has 1 N–H and O–H groups in total. The minimum Gasteiger partial charge on any atom is -0.324 e. The monoisotopic (exact) mass is 412 g/mol. The summed E-state index contributed by atoms with van der Waals surface area (Å²) in [7, 11) is 0. The Kier molecular flexibility index (Phi) is 4.65. The number of nitrogens with one attached hydrogen (secondary N) is 1. The van der Waals surface area contributed by atoms with Crippen molar-refractivity contribution >= 4 is 40.5 Å². The second-order valence-corrected chi connectivity index (χ2v) is 7.40. The Morgan fingerprint density at radius 3 is 2.43 bits per heavy atom. The highest BCUT2D eigenvalue weighted by Gasteiger charge is 2.28. The number of aromatic nitrogens is 2. The zero-order valence-electron chi connectivity index (χ0n) is 15.9. The molecule has 1 aliphatic rings. The van der Waals surface area contributed by atoms with E-state index < -0.39 is 0 Å². The lowest BCUT2D eigenvalue weighted by atomic mass is 10.0. The van der Waals surface area contributed by atoms with Crippen molar-refractivity contribution in [3.05, 3.63) is 95.6 Å². The second kappa shape index (κ2) is 7.61. The molecule has 1 aromatic heterocycles. The fraction of sp³-hybridized carbons (Fsp3) is 0.0417. The summed E-state index contributed by atoms with van der Waals surface area (Å²) in [4.78, 5) is 24.1. The predicted octanol–water partition coefficient (Wildman–Crippen LogP) is 5.76. The second-order valence-electron chi connectivity index (χ2n) is 6.96. The molecule has 30 heavy (non-hydrogen) atoms. The van der Waals surface area contributed by atoms with E-state index in [1.165, 1.54) is 0 Å². The molecular weight excluding hydrogens is 396 g/mol. The lowest BCUT2D eigenvalue weighted by molar-refractivity contribution is -0.117. The number of fused-ring (bicyclic) bond motifs is 3. The first-order chi connectivity index (χ1) is 14.7. The van der Waals surface area contributed by atoms with E-state index >= 15 is 0 Å². The van der Waals surface area contributed by atoms with Crippen LogP contribution in [0.1, 0.15) is 5.56 Å². The molecule has 4 aromatic rings. The fourth-order valence-electron chi connectivity index (χ4n) is 3.61. The number of anilines is 4. The lowest BCUT2D eigenvalue weighted by Gasteiger charge is -2.23. The smallest absolute Gasteiger partial charge is 0.236 e. The molecule has 0 saturated carbocycles. The topological polar surface area (TPSA) is 58.1 Å². The number of carbonyl (C=O) groups excluding carboxylic acids is 1. The molecule has 0 radical (unpaired) electrons. The third-order valence-corrected chi connectivity index (χ3v) is 5.19. The van der Waals surface area contributed by atoms with Crippen LogP contribution in [0.25, 0.3) is 11.3 Å². The zero-order valence-corrected chi connectivity index (χ0v) is 16.7. The third kappa shape index (κ3) is 3.40. The highest BCUT2D eigenvalue weighted by molar-refractivity contribution is 6.31. The van der Waals surface area contributed by atoms with Crippen LogP contribution in [0.5, 0.6) is 0 Å². The van der Waals surface area contributed by atoms with Crippen molar-refractivity contribution in [2.75, 3.05) is 10.2 Å². The molecule has 6 heteroatoms. The molecule has 5 nitrogen and oxygen atoms in total. The Hall–Kier alpha value is -3.70. The molecule has 0 atom stereocenters. The van der Waals surface area contributed by atoms with Crippen molar-refractivity contribution in [2.24, 2.45) is 0 Å². The number of halogens is 1. The van der Waals surface area contributed by atoms with E-state index in [4.69, 9.17) is 16.6 Å². The summed E-state index contributed by atoms with van der Waals surface area (Å²) in [5.41, 5.74) is 4.73. The maximum atomic E-state index is 13.2. The number of para-hydroxylation sites is 2. The maximum absolute atomic E-state index is 13.2. The van der Waals surface area contributed by atoms with E-state index in [-0.39, 0.29) is 12.3 Å². The van der Waals surface area contributed by atoms with E-state index in [1.807, 2.05) is 78.9 Å². The summed E-state index contributed by atoms with van der Waals surface area (Å²) < 4.78 is 0. The van der Waals surface area contributed by atoms with E-state index in [0.717, 1.165) is 28.2 Å². The molecule has 0 unspecified atom stereocenters. The van der Waals surface area contributed by atoms with Crippen molar-refractivity contribution in [1.82, 2.24) is 9.97 Å². The van der Waals surface area contributed by atoms with Crippen LogP contribution in [0.4, 0.5) is 23.0 Å². The molecule has 146 valence electrons. The van der Waals surface area contributed by atoms with Crippen molar-refractivity contribution in [2.45, 2.75) is 6.42 Å². The van der Waals surface area contributed by atoms with Gasteiger partial charge in [0.05, 0.1) is 17.8 Å². The van der Waals surface area contributed by atoms with Gasteiger partial charge in [-0.25, -0.2) is 9.97 Å².